The minimum Gasteiger partial charge on any atom is -0.390 e. The van der Waals surface area contributed by atoms with Crippen LogP contribution in [0.5, 0.6) is 0 Å². The highest BCUT2D eigenvalue weighted by atomic mass is 16.3. The molecule has 0 aliphatic heterocycles. The topological polar surface area (TPSA) is 33.1 Å². The summed E-state index contributed by atoms with van der Waals surface area (Å²) in [5, 5.41) is 12.3. The maximum absolute atomic E-state index is 11.1. The molecule has 2 aliphatic rings. The van der Waals surface area contributed by atoms with E-state index in [-0.39, 0.29) is 0 Å². The maximum Gasteiger partial charge on any atom is 0.0704 e. The first-order valence-electron chi connectivity index (χ1n) is 8.29. The number of rotatable bonds is 3. The first-order valence-corrected chi connectivity index (χ1v) is 8.29. The SMILES string of the molecule is OC1(Cc2ccnc3ccccc23)CCCC(C2CC2)C1. The molecule has 1 heterocycles. The van der Waals surface area contributed by atoms with Gasteiger partial charge in [-0.15, -0.1) is 0 Å². The summed E-state index contributed by atoms with van der Waals surface area (Å²) in [5.74, 6) is 1.67. The van der Waals surface area contributed by atoms with Crippen molar-refractivity contribution in [3.8, 4) is 0 Å². The summed E-state index contributed by atoms with van der Waals surface area (Å²) in [6.45, 7) is 0. The highest BCUT2D eigenvalue weighted by molar-refractivity contribution is 5.81. The number of aromatic nitrogens is 1. The van der Waals surface area contributed by atoms with Crippen LogP contribution >= 0.6 is 0 Å². The highest BCUT2D eigenvalue weighted by Crippen LogP contribution is 2.47. The van der Waals surface area contributed by atoms with Gasteiger partial charge in [0.05, 0.1) is 11.1 Å². The Morgan fingerprint density at radius 2 is 1.95 bits per heavy atom. The summed E-state index contributed by atoms with van der Waals surface area (Å²) in [6.07, 6.45) is 9.88. The average Bonchev–Trinajstić information content (AvgIpc) is 3.32. The van der Waals surface area contributed by atoms with Crippen molar-refractivity contribution < 1.29 is 5.11 Å². The predicted molar refractivity (Wildman–Crippen MR) is 85.1 cm³/mol. The number of fused-ring (bicyclic) bond motifs is 1. The van der Waals surface area contributed by atoms with Crippen molar-refractivity contribution in [2.75, 3.05) is 0 Å². The van der Waals surface area contributed by atoms with Crippen molar-refractivity contribution in [3.05, 3.63) is 42.1 Å². The molecule has 2 saturated carbocycles. The Labute approximate surface area is 126 Å². The molecule has 2 nitrogen and oxygen atoms in total. The van der Waals surface area contributed by atoms with Crippen LogP contribution in [-0.4, -0.2) is 15.7 Å². The first kappa shape index (κ1) is 13.3. The van der Waals surface area contributed by atoms with Gasteiger partial charge in [-0.25, -0.2) is 0 Å². The van der Waals surface area contributed by atoms with E-state index >= 15 is 0 Å². The lowest BCUT2D eigenvalue weighted by Gasteiger charge is -2.37. The Kier molecular flexibility index (Phi) is 3.22. The molecule has 0 bridgehead atoms. The molecule has 1 aromatic carbocycles. The second-order valence-corrected chi connectivity index (χ2v) is 7.08. The van der Waals surface area contributed by atoms with E-state index in [0.717, 1.165) is 36.6 Å². The van der Waals surface area contributed by atoms with Gasteiger partial charge in [0.25, 0.3) is 0 Å². The molecule has 2 aliphatic carbocycles. The largest absolute Gasteiger partial charge is 0.390 e. The summed E-state index contributed by atoms with van der Waals surface area (Å²) in [6, 6.07) is 10.4. The second-order valence-electron chi connectivity index (χ2n) is 7.08. The molecular weight excluding hydrogens is 258 g/mol. The van der Waals surface area contributed by atoms with Crippen LogP contribution in [0, 0.1) is 11.8 Å². The molecule has 1 aromatic heterocycles. The maximum atomic E-state index is 11.1. The van der Waals surface area contributed by atoms with Crippen molar-refractivity contribution in [2.24, 2.45) is 11.8 Å². The normalized spacial score (nSPS) is 29.7. The van der Waals surface area contributed by atoms with Crippen molar-refractivity contribution in [1.82, 2.24) is 4.98 Å². The zero-order valence-electron chi connectivity index (χ0n) is 12.5. The zero-order chi connectivity index (χ0) is 14.3. The molecule has 2 atom stereocenters. The molecule has 21 heavy (non-hydrogen) atoms. The average molecular weight is 281 g/mol. The van der Waals surface area contributed by atoms with Crippen LogP contribution in [-0.2, 0) is 6.42 Å². The van der Waals surface area contributed by atoms with E-state index in [1.807, 2.05) is 12.3 Å². The highest BCUT2D eigenvalue weighted by Gasteiger charge is 2.41. The minimum absolute atomic E-state index is 0.504. The number of hydrogen-bond donors (Lipinski definition) is 1. The van der Waals surface area contributed by atoms with Crippen LogP contribution in [0.1, 0.15) is 44.1 Å². The molecule has 2 aromatic rings. The number of aliphatic hydroxyl groups is 1. The summed E-state index contributed by atoms with van der Waals surface area (Å²) in [5.41, 5.74) is 1.78. The number of pyridine rings is 1. The van der Waals surface area contributed by atoms with Gasteiger partial charge in [-0.1, -0.05) is 24.6 Å². The van der Waals surface area contributed by atoms with E-state index < -0.39 is 5.60 Å². The fraction of sp³-hybridized carbons (Fsp3) is 0.526. The molecule has 2 unspecified atom stereocenters. The van der Waals surface area contributed by atoms with Gasteiger partial charge in [0.15, 0.2) is 0 Å². The van der Waals surface area contributed by atoms with Crippen molar-refractivity contribution >= 4 is 10.9 Å². The van der Waals surface area contributed by atoms with E-state index in [2.05, 4.69) is 29.2 Å². The lowest BCUT2D eigenvalue weighted by atomic mass is 9.73. The molecule has 0 radical (unpaired) electrons. The van der Waals surface area contributed by atoms with Crippen LogP contribution < -0.4 is 0 Å². The van der Waals surface area contributed by atoms with Crippen LogP contribution in [0.3, 0.4) is 0 Å². The van der Waals surface area contributed by atoms with Gasteiger partial charge in [0.2, 0.25) is 0 Å². The summed E-state index contributed by atoms with van der Waals surface area (Å²) in [4.78, 5) is 4.43. The quantitative estimate of drug-likeness (QED) is 0.918. The summed E-state index contributed by atoms with van der Waals surface area (Å²) in [7, 11) is 0. The number of para-hydroxylation sites is 1. The summed E-state index contributed by atoms with van der Waals surface area (Å²) < 4.78 is 0. The van der Waals surface area contributed by atoms with Crippen LogP contribution in [0.25, 0.3) is 10.9 Å². The van der Waals surface area contributed by atoms with Crippen LogP contribution in [0.4, 0.5) is 0 Å². The molecule has 2 heteroatoms. The molecule has 0 amide bonds. The van der Waals surface area contributed by atoms with Crippen LogP contribution in [0.2, 0.25) is 0 Å². The van der Waals surface area contributed by atoms with Gasteiger partial charge in [0, 0.05) is 18.0 Å². The lowest BCUT2D eigenvalue weighted by molar-refractivity contribution is -0.0193. The Bertz CT molecular complexity index is 644. The van der Waals surface area contributed by atoms with Crippen molar-refractivity contribution in [2.45, 2.75) is 50.5 Å². The zero-order valence-corrected chi connectivity index (χ0v) is 12.5. The second kappa shape index (κ2) is 5.10. The molecule has 110 valence electrons. The van der Waals surface area contributed by atoms with E-state index in [4.69, 9.17) is 0 Å². The predicted octanol–water partition coefficient (Wildman–Crippen LogP) is 4.11. The number of benzene rings is 1. The van der Waals surface area contributed by atoms with E-state index in [1.165, 1.54) is 36.6 Å². The molecular formula is C19H23NO. The lowest BCUT2D eigenvalue weighted by Crippen LogP contribution is -2.38. The van der Waals surface area contributed by atoms with E-state index in [1.54, 1.807) is 0 Å². The third-order valence-electron chi connectivity index (χ3n) is 5.41. The molecule has 0 spiro atoms. The van der Waals surface area contributed by atoms with Crippen molar-refractivity contribution in [3.63, 3.8) is 0 Å². The Morgan fingerprint density at radius 3 is 2.81 bits per heavy atom. The van der Waals surface area contributed by atoms with Crippen LogP contribution in [0.15, 0.2) is 36.5 Å². The summed E-state index contributed by atoms with van der Waals surface area (Å²) >= 11 is 0. The Morgan fingerprint density at radius 1 is 1.10 bits per heavy atom. The molecule has 2 fully saturated rings. The van der Waals surface area contributed by atoms with E-state index in [9.17, 15) is 5.11 Å². The minimum atomic E-state index is -0.504. The number of nitrogens with zero attached hydrogens (tertiary/aromatic N) is 1. The van der Waals surface area contributed by atoms with Gasteiger partial charge in [0.1, 0.15) is 0 Å². The standard InChI is InChI=1S/C19H23NO/c21-19(10-3-4-15(12-19)14-7-8-14)13-16-9-11-20-18-6-2-1-5-17(16)18/h1-2,5-6,9,11,14-15,21H,3-4,7-8,10,12-13H2. The smallest absolute Gasteiger partial charge is 0.0704 e. The Balaban J connectivity index is 1.61. The number of hydrogen-bond acceptors (Lipinski definition) is 2. The van der Waals surface area contributed by atoms with Gasteiger partial charge in [-0.3, -0.25) is 4.98 Å². The van der Waals surface area contributed by atoms with Gasteiger partial charge in [-0.2, -0.15) is 0 Å². The van der Waals surface area contributed by atoms with Gasteiger partial charge in [-0.05, 0) is 61.6 Å². The monoisotopic (exact) mass is 281 g/mol. The van der Waals surface area contributed by atoms with E-state index in [0.29, 0.717) is 0 Å². The molecule has 4 rings (SSSR count). The van der Waals surface area contributed by atoms with Gasteiger partial charge < -0.3 is 5.11 Å². The van der Waals surface area contributed by atoms with Crippen molar-refractivity contribution in [1.29, 1.82) is 0 Å². The first-order chi connectivity index (χ1) is 10.2. The molecule has 0 saturated heterocycles. The Hall–Kier alpha value is -1.41. The molecule has 1 N–H and O–H groups in total. The fourth-order valence-corrected chi connectivity index (χ4v) is 4.18. The van der Waals surface area contributed by atoms with Gasteiger partial charge >= 0.3 is 0 Å². The third-order valence-corrected chi connectivity index (χ3v) is 5.41. The third kappa shape index (κ3) is 2.69. The fourth-order valence-electron chi connectivity index (χ4n) is 4.18.